The summed E-state index contributed by atoms with van der Waals surface area (Å²) in [5, 5.41) is 0. The van der Waals surface area contributed by atoms with Crippen LogP contribution in [0.4, 0.5) is 0 Å². The molecule has 0 saturated carbocycles. The minimum atomic E-state index is -0.694. The lowest BCUT2D eigenvalue weighted by atomic mass is 10.0. The van der Waals surface area contributed by atoms with Gasteiger partial charge in [0.1, 0.15) is 24.6 Å². The van der Waals surface area contributed by atoms with Crippen LogP contribution < -0.4 is 9.47 Å². The zero-order chi connectivity index (χ0) is 32.4. The second-order valence-electron chi connectivity index (χ2n) is 11.0. The van der Waals surface area contributed by atoms with Gasteiger partial charge in [-0.3, -0.25) is 14.4 Å². The molecule has 1 aromatic rings. The van der Waals surface area contributed by atoms with Crippen LogP contribution in [0.15, 0.2) is 18.2 Å². The molecule has 0 bridgehead atoms. The fourth-order valence-electron chi connectivity index (χ4n) is 4.73. The van der Waals surface area contributed by atoms with E-state index in [2.05, 4.69) is 21.1 Å². The number of amides is 1. The Bertz CT molecular complexity index is 948. The first-order valence-corrected chi connectivity index (χ1v) is 16.2. The van der Waals surface area contributed by atoms with Crippen LogP contribution in [0.3, 0.4) is 0 Å². The van der Waals surface area contributed by atoms with Crippen LogP contribution in [0.1, 0.15) is 120 Å². The molecule has 0 spiro atoms. The minimum absolute atomic E-state index is 0.113. The van der Waals surface area contributed by atoms with Crippen molar-refractivity contribution in [2.24, 2.45) is 0 Å². The first kappa shape index (κ1) is 38.7. The van der Waals surface area contributed by atoms with Crippen LogP contribution >= 0.6 is 0 Å². The fourth-order valence-corrected chi connectivity index (χ4v) is 4.73. The highest BCUT2D eigenvalue weighted by molar-refractivity contribution is 5.98. The summed E-state index contributed by atoms with van der Waals surface area (Å²) >= 11 is 0. The van der Waals surface area contributed by atoms with Gasteiger partial charge in [-0.05, 0) is 18.6 Å². The van der Waals surface area contributed by atoms with Crippen molar-refractivity contribution in [1.29, 1.82) is 0 Å². The molecule has 0 aliphatic carbocycles. The predicted octanol–water partition coefficient (Wildman–Crippen LogP) is 6.67. The van der Waals surface area contributed by atoms with E-state index >= 15 is 0 Å². The fraction of sp³-hybridized carbons (Fsp3) is 0.706. The Morgan fingerprint density at radius 2 is 0.955 bits per heavy atom. The Kier molecular flexibility index (Phi) is 22.1. The Balaban J connectivity index is 2.51. The number of nitrogens with zero attached hydrogens (tertiary/aromatic N) is 1. The van der Waals surface area contributed by atoms with E-state index in [4.69, 9.17) is 9.47 Å². The first-order chi connectivity index (χ1) is 21.3. The van der Waals surface area contributed by atoms with Crippen LogP contribution in [-0.4, -0.2) is 76.3 Å². The van der Waals surface area contributed by atoms with E-state index in [1.54, 1.807) is 6.07 Å². The zero-order valence-corrected chi connectivity index (χ0v) is 27.5. The van der Waals surface area contributed by atoms with Gasteiger partial charge < -0.3 is 28.6 Å². The molecule has 0 aliphatic rings. The molecular weight excluding hydrogens is 566 g/mol. The van der Waals surface area contributed by atoms with Crippen molar-refractivity contribution in [2.45, 2.75) is 110 Å². The van der Waals surface area contributed by atoms with Gasteiger partial charge in [0.05, 0.1) is 27.9 Å². The lowest BCUT2D eigenvalue weighted by Gasteiger charge is -2.21. The summed E-state index contributed by atoms with van der Waals surface area (Å²) in [7, 11) is 3.62. The van der Waals surface area contributed by atoms with Crippen molar-refractivity contribution in [3.63, 3.8) is 0 Å². The van der Waals surface area contributed by atoms with Crippen molar-refractivity contribution in [3.05, 3.63) is 23.8 Å². The minimum Gasteiger partial charge on any atom is -0.493 e. The lowest BCUT2D eigenvalue weighted by molar-refractivity contribution is -0.145. The number of ether oxygens (including phenoxy) is 5. The quantitative estimate of drug-likeness (QED) is 0.0635. The number of rotatable bonds is 26. The predicted molar refractivity (Wildman–Crippen MR) is 169 cm³/mol. The molecule has 0 fully saturated rings. The largest absolute Gasteiger partial charge is 0.493 e. The molecule has 0 aromatic heterocycles. The van der Waals surface area contributed by atoms with Gasteiger partial charge >= 0.3 is 17.9 Å². The van der Waals surface area contributed by atoms with E-state index in [1.807, 2.05) is 0 Å². The van der Waals surface area contributed by atoms with E-state index in [0.29, 0.717) is 12.4 Å². The van der Waals surface area contributed by atoms with Gasteiger partial charge in [0, 0.05) is 11.6 Å². The van der Waals surface area contributed by atoms with Gasteiger partial charge in [0.25, 0.3) is 5.91 Å². The molecule has 0 N–H and O–H groups in total. The Morgan fingerprint density at radius 1 is 0.545 bits per heavy atom. The molecule has 44 heavy (non-hydrogen) atoms. The highest BCUT2D eigenvalue weighted by Crippen LogP contribution is 2.25. The van der Waals surface area contributed by atoms with Gasteiger partial charge in [-0.2, -0.15) is 0 Å². The van der Waals surface area contributed by atoms with Gasteiger partial charge in [-0.1, -0.05) is 103 Å². The number of hydrogen-bond donors (Lipinski definition) is 0. The number of carbonyl (C=O) groups excluding carboxylic acids is 4. The SMILES string of the molecule is CCCCCCCCCCCCCCCCCCOc1cc(OCC(=O)OC)cc(C(=O)N(CC(=O)OC)CC(=O)OC)c1. The maximum Gasteiger partial charge on any atom is 0.343 e. The van der Waals surface area contributed by atoms with Crippen LogP contribution in [0, 0.1) is 0 Å². The van der Waals surface area contributed by atoms with E-state index < -0.39 is 36.9 Å². The summed E-state index contributed by atoms with van der Waals surface area (Å²) in [6.45, 7) is 1.44. The maximum atomic E-state index is 13.3. The van der Waals surface area contributed by atoms with E-state index in [0.717, 1.165) is 24.2 Å². The third kappa shape index (κ3) is 18.4. The standard InChI is InChI=1S/C34H55NO9/c1-5-6-7-8-9-10-11-12-13-14-15-16-17-18-19-20-21-43-29-22-28(23-30(24-29)44-27-33(38)42-4)34(39)35(25-31(36)40-2)26-32(37)41-3/h22-24H,5-21,25-27H2,1-4H3. The van der Waals surface area contributed by atoms with Crippen molar-refractivity contribution in [3.8, 4) is 11.5 Å². The average molecular weight is 622 g/mol. The summed E-state index contributed by atoms with van der Waals surface area (Å²) in [5.74, 6) is -2.03. The molecule has 0 radical (unpaired) electrons. The highest BCUT2D eigenvalue weighted by Gasteiger charge is 2.24. The molecule has 0 heterocycles. The molecule has 1 rings (SSSR count). The summed E-state index contributed by atoms with van der Waals surface area (Å²) in [5.41, 5.74) is 0.113. The molecule has 0 saturated heterocycles. The maximum absolute atomic E-state index is 13.3. The molecule has 1 aromatic carbocycles. The van der Waals surface area contributed by atoms with Gasteiger partial charge in [-0.15, -0.1) is 0 Å². The van der Waals surface area contributed by atoms with E-state index in [1.165, 1.54) is 117 Å². The average Bonchev–Trinajstić information content (AvgIpc) is 3.03. The topological polar surface area (TPSA) is 118 Å². The summed E-state index contributed by atoms with van der Waals surface area (Å²) in [6.07, 6.45) is 20.5. The van der Waals surface area contributed by atoms with E-state index in [-0.39, 0.29) is 17.9 Å². The number of carbonyl (C=O) groups is 4. The molecule has 10 nitrogen and oxygen atoms in total. The van der Waals surface area contributed by atoms with Crippen LogP contribution in [0.5, 0.6) is 11.5 Å². The normalized spacial score (nSPS) is 10.6. The van der Waals surface area contributed by atoms with Crippen molar-refractivity contribution in [1.82, 2.24) is 4.90 Å². The van der Waals surface area contributed by atoms with Crippen LogP contribution in [-0.2, 0) is 28.6 Å². The Morgan fingerprint density at radius 3 is 1.39 bits per heavy atom. The van der Waals surface area contributed by atoms with E-state index in [9.17, 15) is 19.2 Å². The summed E-state index contributed by atoms with van der Waals surface area (Å²) in [6, 6.07) is 4.51. The molecule has 250 valence electrons. The lowest BCUT2D eigenvalue weighted by Crippen LogP contribution is -2.40. The van der Waals surface area contributed by atoms with Crippen molar-refractivity contribution in [2.75, 3.05) is 47.6 Å². The Labute approximate surface area is 264 Å². The van der Waals surface area contributed by atoms with Gasteiger partial charge in [0.15, 0.2) is 6.61 Å². The molecule has 1 amide bonds. The Hall–Kier alpha value is -3.30. The summed E-state index contributed by atoms with van der Waals surface area (Å²) < 4.78 is 25.4. The summed E-state index contributed by atoms with van der Waals surface area (Å²) in [4.78, 5) is 49.7. The number of esters is 3. The molecule has 0 aliphatic heterocycles. The van der Waals surface area contributed by atoms with Crippen LogP contribution in [0.25, 0.3) is 0 Å². The second-order valence-corrected chi connectivity index (χ2v) is 11.0. The molecular formula is C34H55NO9. The smallest absolute Gasteiger partial charge is 0.343 e. The second kappa shape index (κ2) is 25.1. The van der Waals surface area contributed by atoms with Crippen LogP contribution in [0.2, 0.25) is 0 Å². The number of unbranched alkanes of at least 4 members (excludes halogenated alkanes) is 15. The number of benzene rings is 1. The van der Waals surface area contributed by atoms with Gasteiger partial charge in [-0.25, -0.2) is 4.79 Å². The monoisotopic (exact) mass is 621 g/mol. The zero-order valence-electron chi connectivity index (χ0n) is 27.5. The van der Waals surface area contributed by atoms with Crippen molar-refractivity contribution < 1.29 is 42.9 Å². The number of methoxy groups -OCH3 is 3. The first-order valence-electron chi connectivity index (χ1n) is 16.2. The van der Waals surface area contributed by atoms with Gasteiger partial charge in [0.2, 0.25) is 0 Å². The molecule has 0 unspecified atom stereocenters. The third-order valence-corrected chi connectivity index (χ3v) is 7.36. The third-order valence-electron chi connectivity index (χ3n) is 7.36. The highest BCUT2D eigenvalue weighted by atomic mass is 16.6. The van der Waals surface area contributed by atoms with Crippen molar-refractivity contribution >= 4 is 23.8 Å². The molecule has 10 heteroatoms. The molecule has 0 atom stereocenters. The number of hydrogen-bond acceptors (Lipinski definition) is 9.